The van der Waals surface area contributed by atoms with Crippen molar-refractivity contribution in [2.45, 2.75) is 32.2 Å². The number of likely N-dealkylation sites (N-methyl/N-ethyl adjacent to an activating group) is 2. The molecule has 1 aliphatic rings. The van der Waals surface area contributed by atoms with Crippen LogP contribution in [0.5, 0.6) is 0 Å². The molecule has 0 spiro atoms. The van der Waals surface area contributed by atoms with E-state index in [1.54, 1.807) is 0 Å². The zero-order valence-electron chi connectivity index (χ0n) is 11.9. The molecule has 1 heterocycles. The van der Waals surface area contributed by atoms with Crippen molar-refractivity contribution in [2.24, 2.45) is 0 Å². The molecule has 5 heteroatoms. The van der Waals surface area contributed by atoms with E-state index in [0.717, 1.165) is 37.8 Å². The number of hydrogen-bond donors (Lipinski definition) is 1. The van der Waals surface area contributed by atoms with Gasteiger partial charge in [-0.1, -0.05) is 0 Å². The van der Waals surface area contributed by atoms with Crippen molar-refractivity contribution in [2.75, 3.05) is 46.9 Å². The standard InChI is InChI=1S/C13H27N3OS/c1-4-17-10-6-8-14-13(18)16(3)11-12-7-5-9-15(12)2/h12H,4-11H2,1-3H3,(H,14,18). The Morgan fingerprint density at radius 3 is 2.94 bits per heavy atom. The third kappa shape index (κ3) is 5.50. The lowest BCUT2D eigenvalue weighted by molar-refractivity contribution is 0.145. The average Bonchev–Trinajstić information content (AvgIpc) is 2.74. The number of thiocarbonyl (C=S) groups is 1. The van der Waals surface area contributed by atoms with Crippen molar-refractivity contribution in [1.29, 1.82) is 0 Å². The average molecular weight is 273 g/mol. The van der Waals surface area contributed by atoms with E-state index in [-0.39, 0.29) is 0 Å². The Balaban J connectivity index is 2.12. The number of rotatable bonds is 7. The van der Waals surface area contributed by atoms with Gasteiger partial charge in [0.1, 0.15) is 0 Å². The smallest absolute Gasteiger partial charge is 0.168 e. The van der Waals surface area contributed by atoms with Crippen molar-refractivity contribution < 1.29 is 4.74 Å². The van der Waals surface area contributed by atoms with Crippen LogP contribution in [0, 0.1) is 0 Å². The summed E-state index contributed by atoms with van der Waals surface area (Å²) < 4.78 is 5.29. The monoisotopic (exact) mass is 273 g/mol. The first-order valence-electron chi connectivity index (χ1n) is 6.92. The summed E-state index contributed by atoms with van der Waals surface area (Å²) >= 11 is 5.38. The van der Waals surface area contributed by atoms with Gasteiger partial charge in [0.25, 0.3) is 0 Å². The maximum atomic E-state index is 5.38. The van der Waals surface area contributed by atoms with Crippen LogP contribution in [0.25, 0.3) is 0 Å². The maximum absolute atomic E-state index is 5.38. The van der Waals surface area contributed by atoms with Crippen LogP contribution in [0.1, 0.15) is 26.2 Å². The Kier molecular flexibility index (Phi) is 7.54. The molecule has 1 saturated heterocycles. The van der Waals surface area contributed by atoms with Crippen LogP contribution in [-0.4, -0.2) is 67.9 Å². The molecular weight excluding hydrogens is 246 g/mol. The number of hydrogen-bond acceptors (Lipinski definition) is 3. The highest BCUT2D eigenvalue weighted by Crippen LogP contribution is 2.15. The molecule has 1 aliphatic heterocycles. The fourth-order valence-corrected chi connectivity index (χ4v) is 2.43. The molecule has 1 atom stereocenters. The van der Waals surface area contributed by atoms with Crippen LogP contribution < -0.4 is 5.32 Å². The van der Waals surface area contributed by atoms with Crippen molar-refractivity contribution in [1.82, 2.24) is 15.1 Å². The SMILES string of the molecule is CCOCCCNC(=S)N(C)CC1CCCN1C. The lowest BCUT2D eigenvalue weighted by Crippen LogP contribution is -2.44. The Labute approximate surface area is 117 Å². The van der Waals surface area contributed by atoms with E-state index in [2.05, 4.69) is 29.2 Å². The summed E-state index contributed by atoms with van der Waals surface area (Å²) in [5.41, 5.74) is 0. The quantitative estimate of drug-likeness (QED) is 0.558. The molecule has 1 N–H and O–H groups in total. The van der Waals surface area contributed by atoms with Crippen LogP contribution in [-0.2, 0) is 4.74 Å². The third-order valence-electron chi connectivity index (χ3n) is 3.45. The van der Waals surface area contributed by atoms with E-state index in [4.69, 9.17) is 17.0 Å². The predicted octanol–water partition coefficient (Wildman–Crippen LogP) is 1.31. The maximum Gasteiger partial charge on any atom is 0.168 e. The summed E-state index contributed by atoms with van der Waals surface area (Å²) in [6, 6.07) is 0.651. The second-order valence-corrected chi connectivity index (χ2v) is 5.33. The van der Waals surface area contributed by atoms with Crippen LogP contribution >= 0.6 is 12.2 Å². The van der Waals surface area contributed by atoms with Gasteiger partial charge in [-0.05, 0) is 52.0 Å². The first kappa shape index (κ1) is 15.7. The highest BCUT2D eigenvalue weighted by Gasteiger charge is 2.22. The van der Waals surface area contributed by atoms with Gasteiger partial charge in [0.2, 0.25) is 0 Å². The molecule has 0 radical (unpaired) electrons. The molecule has 1 rings (SSSR count). The Hall–Kier alpha value is -0.390. The molecular formula is C13H27N3OS. The molecule has 4 nitrogen and oxygen atoms in total. The minimum Gasteiger partial charge on any atom is -0.382 e. The van der Waals surface area contributed by atoms with Gasteiger partial charge in [0.15, 0.2) is 5.11 Å². The summed E-state index contributed by atoms with van der Waals surface area (Å²) in [7, 11) is 4.27. The largest absolute Gasteiger partial charge is 0.382 e. The molecule has 18 heavy (non-hydrogen) atoms. The lowest BCUT2D eigenvalue weighted by Gasteiger charge is -2.27. The molecule has 106 valence electrons. The fourth-order valence-electron chi connectivity index (χ4n) is 2.26. The van der Waals surface area contributed by atoms with E-state index in [1.165, 1.54) is 19.4 Å². The molecule has 1 unspecified atom stereocenters. The summed E-state index contributed by atoms with van der Waals surface area (Å²) in [4.78, 5) is 4.58. The molecule has 0 aromatic heterocycles. The molecule has 0 amide bonds. The highest BCUT2D eigenvalue weighted by molar-refractivity contribution is 7.80. The second kappa shape index (κ2) is 8.67. The molecule has 0 aromatic rings. The van der Waals surface area contributed by atoms with Gasteiger partial charge in [-0.25, -0.2) is 0 Å². The Morgan fingerprint density at radius 2 is 2.33 bits per heavy atom. The van der Waals surface area contributed by atoms with E-state index < -0.39 is 0 Å². The number of nitrogens with one attached hydrogen (secondary N) is 1. The zero-order chi connectivity index (χ0) is 13.4. The summed E-state index contributed by atoms with van der Waals surface area (Å²) in [6.45, 7) is 6.74. The summed E-state index contributed by atoms with van der Waals surface area (Å²) in [6.07, 6.45) is 3.60. The minimum atomic E-state index is 0.651. The van der Waals surface area contributed by atoms with E-state index in [9.17, 15) is 0 Å². The molecule has 0 aromatic carbocycles. The normalized spacial score (nSPS) is 20.1. The zero-order valence-corrected chi connectivity index (χ0v) is 12.8. The summed E-state index contributed by atoms with van der Waals surface area (Å²) in [5, 5.41) is 4.14. The fraction of sp³-hybridized carbons (Fsp3) is 0.923. The van der Waals surface area contributed by atoms with Gasteiger partial charge in [-0.15, -0.1) is 0 Å². The molecule has 0 bridgehead atoms. The van der Waals surface area contributed by atoms with Crippen molar-refractivity contribution in [3.63, 3.8) is 0 Å². The van der Waals surface area contributed by atoms with Crippen molar-refractivity contribution in [3.05, 3.63) is 0 Å². The Bertz CT molecular complexity index is 250. The van der Waals surface area contributed by atoms with E-state index >= 15 is 0 Å². The highest BCUT2D eigenvalue weighted by atomic mass is 32.1. The first-order valence-corrected chi connectivity index (χ1v) is 7.33. The second-order valence-electron chi connectivity index (χ2n) is 4.94. The molecule has 0 saturated carbocycles. The van der Waals surface area contributed by atoms with Crippen molar-refractivity contribution in [3.8, 4) is 0 Å². The van der Waals surface area contributed by atoms with Gasteiger partial charge in [0.05, 0.1) is 0 Å². The van der Waals surface area contributed by atoms with Crippen LogP contribution in [0.2, 0.25) is 0 Å². The number of nitrogens with zero attached hydrogens (tertiary/aromatic N) is 2. The van der Waals surface area contributed by atoms with Gasteiger partial charge in [-0.3, -0.25) is 0 Å². The van der Waals surface area contributed by atoms with E-state index in [0.29, 0.717) is 6.04 Å². The van der Waals surface area contributed by atoms with Crippen LogP contribution in [0.3, 0.4) is 0 Å². The molecule has 1 fully saturated rings. The van der Waals surface area contributed by atoms with Crippen LogP contribution in [0.4, 0.5) is 0 Å². The van der Waals surface area contributed by atoms with Crippen LogP contribution in [0.15, 0.2) is 0 Å². The van der Waals surface area contributed by atoms with Gasteiger partial charge >= 0.3 is 0 Å². The van der Waals surface area contributed by atoms with Gasteiger partial charge in [-0.2, -0.15) is 0 Å². The molecule has 0 aliphatic carbocycles. The summed E-state index contributed by atoms with van der Waals surface area (Å²) in [5.74, 6) is 0. The van der Waals surface area contributed by atoms with Crippen molar-refractivity contribution >= 4 is 17.3 Å². The van der Waals surface area contributed by atoms with E-state index in [1.807, 2.05) is 6.92 Å². The topological polar surface area (TPSA) is 27.7 Å². The first-order chi connectivity index (χ1) is 8.65. The van der Waals surface area contributed by atoms with Gasteiger partial charge < -0.3 is 19.9 Å². The number of likely N-dealkylation sites (tertiary alicyclic amines) is 1. The van der Waals surface area contributed by atoms with Gasteiger partial charge in [0, 0.05) is 39.4 Å². The Morgan fingerprint density at radius 1 is 1.56 bits per heavy atom. The minimum absolute atomic E-state index is 0.651. The lowest BCUT2D eigenvalue weighted by atomic mass is 10.2. The number of ether oxygens (including phenoxy) is 1. The predicted molar refractivity (Wildman–Crippen MR) is 80.0 cm³/mol. The third-order valence-corrected chi connectivity index (χ3v) is 3.90.